The summed E-state index contributed by atoms with van der Waals surface area (Å²) in [6, 6.07) is 0. The largest absolute Gasteiger partial charge is 0.393 e. The van der Waals surface area contributed by atoms with Crippen LogP contribution in [-0.4, -0.2) is 32.7 Å². The van der Waals surface area contributed by atoms with Crippen LogP contribution >= 0.6 is 11.6 Å². The number of anilines is 2. The zero-order chi connectivity index (χ0) is 10.8. The maximum absolute atomic E-state index is 9.09. The molecule has 7 heteroatoms. The number of halogens is 1. The molecule has 1 heterocycles. The summed E-state index contributed by atoms with van der Waals surface area (Å²) in [5.74, 6) is 0.955. The molecular formula is C8H12ClN5O. The lowest BCUT2D eigenvalue weighted by atomic mass is 9.82. The molecule has 0 atom stereocenters. The molecule has 1 aromatic heterocycles. The Balaban J connectivity index is 1.88. The molecule has 0 amide bonds. The maximum Gasteiger partial charge on any atom is 0.228 e. The maximum atomic E-state index is 9.09. The van der Waals surface area contributed by atoms with Crippen LogP contribution in [0.3, 0.4) is 0 Å². The average molecular weight is 230 g/mol. The second-order valence-corrected chi connectivity index (χ2v) is 4.00. The SMILES string of the molecule is Nc1nc(Cl)nc(NCC2CC(O)C2)n1. The lowest BCUT2D eigenvalue weighted by Gasteiger charge is -2.31. The first-order valence-corrected chi connectivity index (χ1v) is 5.10. The van der Waals surface area contributed by atoms with Crippen molar-refractivity contribution in [3.05, 3.63) is 5.28 Å². The smallest absolute Gasteiger partial charge is 0.228 e. The van der Waals surface area contributed by atoms with Gasteiger partial charge in [-0.3, -0.25) is 0 Å². The highest BCUT2D eigenvalue weighted by Gasteiger charge is 2.26. The van der Waals surface area contributed by atoms with Gasteiger partial charge in [-0.15, -0.1) is 0 Å². The summed E-state index contributed by atoms with van der Waals surface area (Å²) >= 11 is 5.61. The van der Waals surface area contributed by atoms with Crippen molar-refractivity contribution in [1.82, 2.24) is 15.0 Å². The summed E-state index contributed by atoms with van der Waals surface area (Å²) in [5.41, 5.74) is 5.41. The summed E-state index contributed by atoms with van der Waals surface area (Å²) in [7, 11) is 0. The quantitative estimate of drug-likeness (QED) is 0.689. The molecule has 15 heavy (non-hydrogen) atoms. The monoisotopic (exact) mass is 229 g/mol. The molecule has 1 fully saturated rings. The van der Waals surface area contributed by atoms with E-state index in [1.165, 1.54) is 0 Å². The molecule has 0 bridgehead atoms. The fraction of sp³-hybridized carbons (Fsp3) is 0.625. The standard InChI is InChI=1S/C8H12ClN5O/c9-6-12-7(10)14-8(13-6)11-3-4-1-5(15)2-4/h4-5,15H,1-3H2,(H3,10,11,12,13,14). The Kier molecular flexibility index (Phi) is 2.88. The number of hydrogen-bond acceptors (Lipinski definition) is 6. The van der Waals surface area contributed by atoms with Gasteiger partial charge in [-0.25, -0.2) is 0 Å². The van der Waals surface area contributed by atoms with E-state index >= 15 is 0 Å². The van der Waals surface area contributed by atoms with E-state index in [2.05, 4.69) is 20.3 Å². The predicted molar refractivity (Wildman–Crippen MR) is 56.5 cm³/mol. The van der Waals surface area contributed by atoms with Gasteiger partial charge >= 0.3 is 0 Å². The second kappa shape index (κ2) is 4.16. The Morgan fingerprint density at radius 3 is 2.73 bits per heavy atom. The Morgan fingerprint density at radius 2 is 2.13 bits per heavy atom. The van der Waals surface area contributed by atoms with Crippen molar-refractivity contribution in [3.8, 4) is 0 Å². The third kappa shape index (κ3) is 2.66. The van der Waals surface area contributed by atoms with Gasteiger partial charge in [0.2, 0.25) is 17.2 Å². The highest BCUT2D eigenvalue weighted by Crippen LogP contribution is 2.26. The number of aromatic nitrogens is 3. The van der Waals surface area contributed by atoms with Crippen LogP contribution in [0.15, 0.2) is 0 Å². The van der Waals surface area contributed by atoms with Crippen LogP contribution in [0.2, 0.25) is 5.28 Å². The Labute approximate surface area is 91.9 Å². The summed E-state index contributed by atoms with van der Waals surface area (Å²) in [6.45, 7) is 0.719. The molecule has 2 rings (SSSR count). The Hall–Kier alpha value is -1.14. The van der Waals surface area contributed by atoms with Gasteiger partial charge in [0.15, 0.2) is 0 Å². The molecule has 1 aliphatic rings. The van der Waals surface area contributed by atoms with Crippen LogP contribution in [0, 0.1) is 5.92 Å². The number of nitrogen functional groups attached to an aromatic ring is 1. The van der Waals surface area contributed by atoms with Crippen LogP contribution in [-0.2, 0) is 0 Å². The molecule has 82 valence electrons. The van der Waals surface area contributed by atoms with Gasteiger partial charge in [0.25, 0.3) is 0 Å². The van der Waals surface area contributed by atoms with Gasteiger partial charge in [-0.2, -0.15) is 15.0 Å². The zero-order valence-corrected chi connectivity index (χ0v) is 8.78. The van der Waals surface area contributed by atoms with Crippen molar-refractivity contribution in [2.24, 2.45) is 5.92 Å². The number of nitrogens with one attached hydrogen (secondary N) is 1. The third-order valence-electron chi connectivity index (χ3n) is 2.39. The summed E-state index contributed by atoms with van der Waals surface area (Å²) < 4.78 is 0. The van der Waals surface area contributed by atoms with E-state index in [-0.39, 0.29) is 17.3 Å². The highest BCUT2D eigenvalue weighted by molar-refractivity contribution is 6.28. The van der Waals surface area contributed by atoms with E-state index in [4.69, 9.17) is 22.4 Å². The number of rotatable bonds is 3. The van der Waals surface area contributed by atoms with Gasteiger partial charge < -0.3 is 16.2 Å². The zero-order valence-electron chi connectivity index (χ0n) is 8.02. The lowest BCUT2D eigenvalue weighted by Crippen LogP contribution is -2.33. The molecule has 0 aliphatic heterocycles. The van der Waals surface area contributed by atoms with Gasteiger partial charge in [0.1, 0.15) is 0 Å². The van der Waals surface area contributed by atoms with Crippen molar-refractivity contribution in [2.45, 2.75) is 18.9 Å². The third-order valence-corrected chi connectivity index (χ3v) is 2.55. The average Bonchev–Trinajstić information content (AvgIpc) is 2.09. The van der Waals surface area contributed by atoms with Gasteiger partial charge in [0, 0.05) is 6.54 Å². The van der Waals surface area contributed by atoms with E-state index in [1.54, 1.807) is 0 Å². The fourth-order valence-corrected chi connectivity index (χ4v) is 1.71. The summed E-state index contributed by atoms with van der Waals surface area (Å²) in [5, 5.41) is 12.2. The summed E-state index contributed by atoms with van der Waals surface area (Å²) in [4.78, 5) is 11.4. The molecule has 0 unspecified atom stereocenters. The van der Waals surface area contributed by atoms with E-state index in [0.29, 0.717) is 11.9 Å². The molecule has 0 spiro atoms. The van der Waals surface area contributed by atoms with Crippen molar-refractivity contribution in [1.29, 1.82) is 0 Å². The van der Waals surface area contributed by atoms with Gasteiger partial charge in [-0.1, -0.05) is 0 Å². The van der Waals surface area contributed by atoms with Gasteiger partial charge in [0.05, 0.1) is 6.10 Å². The molecular weight excluding hydrogens is 218 g/mol. The minimum atomic E-state index is -0.149. The first kappa shape index (κ1) is 10.4. The number of aliphatic hydroxyl groups is 1. The van der Waals surface area contributed by atoms with Gasteiger partial charge in [-0.05, 0) is 30.4 Å². The van der Waals surface area contributed by atoms with E-state index in [9.17, 15) is 0 Å². The molecule has 0 saturated heterocycles. The number of hydrogen-bond donors (Lipinski definition) is 3. The van der Waals surface area contributed by atoms with Crippen LogP contribution in [0.4, 0.5) is 11.9 Å². The van der Waals surface area contributed by atoms with E-state index in [1.807, 2.05) is 0 Å². The lowest BCUT2D eigenvalue weighted by molar-refractivity contribution is 0.0486. The Morgan fingerprint density at radius 1 is 1.40 bits per heavy atom. The fourth-order valence-electron chi connectivity index (χ4n) is 1.55. The molecule has 1 aliphatic carbocycles. The number of nitrogens with two attached hydrogens (primary N) is 1. The van der Waals surface area contributed by atoms with Crippen molar-refractivity contribution < 1.29 is 5.11 Å². The first-order chi connectivity index (χ1) is 7.13. The molecule has 6 nitrogen and oxygen atoms in total. The van der Waals surface area contributed by atoms with Crippen LogP contribution in [0.1, 0.15) is 12.8 Å². The normalized spacial score (nSPS) is 24.7. The number of aliphatic hydroxyl groups excluding tert-OH is 1. The van der Waals surface area contributed by atoms with Crippen molar-refractivity contribution in [2.75, 3.05) is 17.6 Å². The highest BCUT2D eigenvalue weighted by atomic mass is 35.5. The minimum Gasteiger partial charge on any atom is -0.393 e. The van der Waals surface area contributed by atoms with E-state index in [0.717, 1.165) is 19.4 Å². The minimum absolute atomic E-state index is 0.0821. The van der Waals surface area contributed by atoms with E-state index < -0.39 is 0 Å². The van der Waals surface area contributed by atoms with Crippen molar-refractivity contribution in [3.63, 3.8) is 0 Å². The molecule has 4 N–H and O–H groups in total. The predicted octanol–water partition coefficient (Wildman–Crippen LogP) is 0.290. The Bertz CT molecular complexity index is 335. The topological polar surface area (TPSA) is 97.0 Å². The number of nitrogens with zero attached hydrogens (tertiary/aromatic N) is 3. The molecule has 1 aromatic rings. The molecule has 1 saturated carbocycles. The second-order valence-electron chi connectivity index (χ2n) is 3.66. The molecule has 0 aromatic carbocycles. The van der Waals surface area contributed by atoms with Crippen molar-refractivity contribution >= 4 is 23.5 Å². The van der Waals surface area contributed by atoms with Crippen LogP contribution in [0.25, 0.3) is 0 Å². The van der Waals surface area contributed by atoms with Crippen LogP contribution in [0.5, 0.6) is 0 Å². The summed E-state index contributed by atoms with van der Waals surface area (Å²) in [6.07, 6.45) is 1.49. The first-order valence-electron chi connectivity index (χ1n) is 4.72. The molecule has 0 radical (unpaired) electrons. The van der Waals surface area contributed by atoms with Crippen LogP contribution < -0.4 is 11.1 Å².